The van der Waals surface area contributed by atoms with Crippen LogP contribution in [0.2, 0.25) is 0 Å². The number of H-pyrrole nitrogens is 1. The zero-order valence-corrected chi connectivity index (χ0v) is 15.9. The van der Waals surface area contributed by atoms with E-state index in [0.717, 1.165) is 16.4 Å². The molecule has 0 aliphatic heterocycles. The van der Waals surface area contributed by atoms with Gasteiger partial charge in [0.15, 0.2) is 17.4 Å². The zero-order valence-electron chi connectivity index (χ0n) is 15.0. The number of aromatic amines is 1. The second-order valence-corrected chi connectivity index (χ2v) is 6.99. The molecule has 0 unspecified atom stereocenters. The van der Waals surface area contributed by atoms with Crippen molar-refractivity contribution in [2.75, 3.05) is 11.6 Å². The number of nitrogens with one attached hydrogen (secondary N) is 1. The summed E-state index contributed by atoms with van der Waals surface area (Å²) in [6.45, 7) is 4.96. The summed E-state index contributed by atoms with van der Waals surface area (Å²) in [5.41, 5.74) is 2.45. The third-order valence-electron chi connectivity index (χ3n) is 4.18. The molecular weight excluding hydrogens is 369 g/mol. The maximum absolute atomic E-state index is 13.9. The van der Waals surface area contributed by atoms with Crippen molar-refractivity contribution in [2.45, 2.75) is 25.9 Å². The molecule has 9 heteroatoms. The third kappa shape index (κ3) is 3.50. The maximum Gasteiger partial charge on any atom is 0.210 e. The van der Waals surface area contributed by atoms with Crippen molar-refractivity contribution in [1.29, 1.82) is 0 Å². The average molecular weight is 387 g/mol. The lowest BCUT2D eigenvalue weighted by molar-refractivity contribution is 0.101. The summed E-state index contributed by atoms with van der Waals surface area (Å²) in [5.74, 6) is 5.44. The number of nitrogens with zero attached hydrogens (tertiary/aromatic N) is 3. The fourth-order valence-electron chi connectivity index (χ4n) is 2.96. The summed E-state index contributed by atoms with van der Waals surface area (Å²) in [4.78, 5) is 27.2. The quantitative estimate of drug-likeness (QED) is 0.383. The first-order chi connectivity index (χ1) is 12.8. The molecule has 1 aromatic carbocycles. The van der Waals surface area contributed by atoms with Crippen LogP contribution in [0.1, 0.15) is 39.0 Å². The molecule has 0 saturated carbocycles. The van der Waals surface area contributed by atoms with Gasteiger partial charge in [0.1, 0.15) is 5.82 Å². The van der Waals surface area contributed by atoms with Crippen LogP contribution in [0.25, 0.3) is 11.4 Å². The molecule has 0 aliphatic carbocycles. The Morgan fingerprint density at radius 1 is 1.26 bits per heavy atom. The number of carbonyl (C=O) groups excluding carboxylic acids is 2. The second-order valence-electron chi connectivity index (χ2n) is 6.05. The van der Waals surface area contributed by atoms with Gasteiger partial charge in [-0.3, -0.25) is 9.59 Å². The van der Waals surface area contributed by atoms with E-state index in [9.17, 15) is 14.0 Å². The topological polar surface area (TPSA) is 107 Å². The summed E-state index contributed by atoms with van der Waals surface area (Å²) < 4.78 is 15.1. The van der Waals surface area contributed by atoms with Crippen molar-refractivity contribution >= 4 is 23.3 Å². The van der Waals surface area contributed by atoms with Crippen LogP contribution in [0.5, 0.6) is 0 Å². The lowest BCUT2D eigenvalue weighted by Crippen LogP contribution is -2.13. The minimum absolute atomic E-state index is 0.0464. The van der Waals surface area contributed by atoms with Crippen molar-refractivity contribution in [2.24, 2.45) is 0 Å². The zero-order chi connectivity index (χ0) is 19.7. The number of hydrogen-bond donors (Lipinski definition) is 2. The first-order valence-electron chi connectivity index (χ1n) is 8.12. The average Bonchev–Trinajstić information content (AvgIpc) is 3.12. The van der Waals surface area contributed by atoms with Crippen molar-refractivity contribution in [3.63, 3.8) is 0 Å². The van der Waals surface area contributed by atoms with Gasteiger partial charge < -0.3 is 10.8 Å². The van der Waals surface area contributed by atoms with Crippen LogP contribution < -0.4 is 5.84 Å². The summed E-state index contributed by atoms with van der Waals surface area (Å²) in [6, 6.07) is 6.10. The molecule has 0 atom stereocenters. The monoisotopic (exact) mass is 387 g/mol. The van der Waals surface area contributed by atoms with Gasteiger partial charge >= 0.3 is 0 Å². The van der Waals surface area contributed by atoms with Crippen LogP contribution >= 0.6 is 11.8 Å². The Bertz CT molecular complexity index is 1040. The smallest absolute Gasteiger partial charge is 0.210 e. The highest BCUT2D eigenvalue weighted by molar-refractivity contribution is 7.99. The van der Waals surface area contributed by atoms with Gasteiger partial charge in [-0.15, -0.1) is 10.2 Å². The van der Waals surface area contributed by atoms with Crippen LogP contribution in [-0.4, -0.2) is 37.2 Å². The third-order valence-corrected chi connectivity index (χ3v) is 5.12. The number of aromatic nitrogens is 4. The number of halogens is 1. The number of nitrogen functional groups attached to an aromatic ring is 1. The number of rotatable bonds is 6. The standard InChI is InChI=1S/C18H18FN5O2S/c1-9-15(11(3)25)10(2)21-16(9)14(26)8-27-18-23-22-17(24(18)20)12-6-4-5-7-13(12)19/h4-7,21H,8,20H2,1-3H3. The Morgan fingerprint density at radius 2 is 1.96 bits per heavy atom. The maximum atomic E-state index is 13.9. The van der Waals surface area contributed by atoms with Crippen molar-refractivity contribution < 1.29 is 14.0 Å². The Hall–Kier alpha value is -2.94. The summed E-state index contributed by atoms with van der Waals surface area (Å²) in [6.07, 6.45) is 0. The summed E-state index contributed by atoms with van der Waals surface area (Å²) in [5, 5.41) is 8.15. The van der Waals surface area contributed by atoms with Crippen LogP contribution in [0.3, 0.4) is 0 Å². The summed E-state index contributed by atoms with van der Waals surface area (Å²) in [7, 11) is 0. The number of aryl methyl sites for hydroxylation is 1. The predicted molar refractivity (Wildman–Crippen MR) is 101 cm³/mol. The van der Waals surface area contributed by atoms with E-state index in [1.807, 2.05) is 0 Å². The number of carbonyl (C=O) groups is 2. The van der Waals surface area contributed by atoms with Gasteiger partial charge in [0, 0.05) is 11.3 Å². The molecule has 2 aromatic heterocycles. The van der Waals surface area contributed by atoms with Gasteiger partial charge in [-0.1, -0.05) is 23.9 Å². The van der Waals surface area contributed by atoms with Crippen molar-refractivity contribution in [3.8, 4) is 11.4 Å². The Kier molecular flexibility index (Phi) is 5.13. The Balaban J connectivity index is 1.79. The molecule has 0 spiro atoms. The highest BCUT2D eigenvalue weighted by Crippen LogP contribution is 2.25. The van der Waals surface area contributed by atoms with Gasteiger partial charge in [0.05, 0.1) is 17.0 Å². The molecule has 0 radical (unpaired) electrons. The van der Waals surface area contributed by atoms with Gasteiger partial charge in [0.2, 0.25) is 5.16 Å². The molecule has 27 heavy (non-hydrogen) atoms. The number of Topliss-reactive ketones (excluding diaryl/α,β-unsaturated/α-hetero) is 2. The highest BCUT2D eigenvalue weighted by Gasteiger charge is 2.21. The molecular formula is C18H18FN5O2S. The lowest BCUT2D eigenvalue weighted by Gasteiger charge is -2.04. The fraction of sp³-hybridized carbons (Fsp3) is 0.222. The van der Waals surface area contributed by atoms with Crippen LogP contribution in [0.4, 0.5) is 4.39 Å². The largest absolute Gasteiger partial charge is 0.355 e. The van der Waals surface area contributed by atoms with E-state index in [1.54, 1.807) is 32.0 Å². The second kappa shape index (κ2) is 7.36. The molecule has 0 bridgehead atoms. The SMILES string of the molecule is CC(=O)c1c(C)[nH]c(C(=O)CSc2nnc(-c3ccccc3F)n2N)c1C. The minimum atomic E-state index is -0.460. The predicted octanol–water partition coefficient (Wildman–Crippen LogP) is 2.92. The number of benzene rings is 1. The Labute approximate surface area is 159 Å². The van der Waals surface area contributed by atoms with Crippen molar-refractivity contribution in [1.82, 2.24) is 19.9 Å². The van der Waals surface area contributed by atoms with Gasteiger partial charge in [-0.2, -0.15) is 0 Å². The molecule has 3 rings (SSSR count). The van der Waals surface area contributed by atoms with Crippen LogP contribution in [0.15, 0.2) is 29.4 Å². The van der Waals surface area contributed by atoms with Crippen LogP contribution in [0, 0.1) is 19.7 Å². The van der Waals surface area contributed by atoms with E-state index in [1.165, 1.54) is 13.0 Å². The lowest BCUT2D eigenvalue weighted by atomic mass is 10.1. The van der Waals surface area contributed by atoms with E-state index >= 15 is 0 Å². The fourth-order valence-corrected chi connectivity index (χ4v) is 3.69. The highest BCUT2D eigenvalue weighted by atomic mass is 32.2. The minimum Gasteiger partial charge on any atom is -0.355 e. The first kappa shape index (κ1) is 18.8. The molecule has 0 aliphatic rings. The number of ketones is 2. The van der Waals surface area contributed by atoms with Crippen molar-refractivity contribution in [3.05, 3.63) is 52.6 Å². The first-order valence-corrected chi connectivity index (χ1v) is 9.11. The van der Waals surface area contributed by atoms with Gasteiger partial charge in [-0.05, 0) is 38.5 Å². The molecule has 7 nitrogen and oxygen atoms in total. The number of nitrogens with two attached hydrogens (primary N) is 1. The molecule has 0 amide bonds. The molecule has 140 valence electrons. The molecule has 2 heterocycles. The van der Waals surface area contributed by atoms with E-state index in [-0.39, 0.29) is 33.9 Å². The van der Waals surface area contributed by atoms with E-state index in [4.69, 9.17) is 5.84 Å². The van der Waals surface area contributed by atoms with Crippen LogP contribution in [-0.2, 0) is 0 Å². The molecule has 3 aromatic rings. The number of hydrogen-bond acceptors (Lipinski definition) is 6. The number of thioether (sulfide) groups is 1. The Morgan fingerprint density at radius 3 is 2.59 bits per heavy atom. The normalized spacial score (nSPS) is 11.0. The van der Waals surface area contributed by atoms with Gasteiger partial charge in [0.25, 0.3) is 0 Å². The molecule has 3 N–H and O–H groups in total. The molecule has 0 fully saturated rings. The molecule has 0 saturated heterocycles. The van der Waals surface area contributed by atoms with E-state index in [0.29, 0.717) is 22.5 Å². The van der Waals surface area contributed by atoms with E-state index in [2.05, 4.69) is 15.2 Å². The van der Waals surface area contributed by atoms with E-state index < -0.39 is 5.82 Å². The summed E-state index contributed by atoms with van der Waals surface area (Å²) >= 11 is 1.09. The van der Waals surface area contributed by atoms with Gasteiger partial charge in [-0.25, -0.2) is 9.07 Å².